The van der Waals surface area contributed by atoms with Gasteiger partial charge in [-0.3, -0.25) is 4.79 Å². The molecule has 3 aromatic rings. The smallest absolute Gasteiger partial charge is 0.356 e. The van der Waals surface area contributed by atoms with E-state index in [9.17, 15) is 18.0 Å². The molecule has 1 aliphatic rings. The number of hydrogen-bond donors (Lipinski definition) is 1. The van der Waals surface area contributed by atoms with Crippen LogP contribution in [0.1, 0.15) is 45.6 Å². The van der Waals surface area contributed by atoms with Crippen molar-refractivity contribution in [1.82, 2.24) is 9.97 Å². The highest BCUT2D eigenvalue weighted by atomic mass is 32.1. The molecule has 0 bridgehead atoms. The van der Waals surface area contributed by atoms with Crippen LogP contribution in [-0.4, -0.2) is 29.0 Å². The topological polar surface area (TPSA) is 58.1 Å². The van der Waals surface area contributed by atoms with Gasteiger partial charge in [-0.2, -0.15) is 13.2 Å². The fourth-order valence-electron chi connectivity index (χ4n) is 3.91. The third kappa shape index (κ3) is 3.74. The summed E-state index contributed by atoms with van der Waals surface area (Å²) in [5, 5.41) is 3.35. The van der Waals surface area contributed by atoms with E-state index < -0.39 is 17.6 Å². The lowest BCUT2D eigenvalue weighted by atomic mass is 10.1. The summed E-state index contributed by atoms with van der Waals surface area (Å²) in [6, 6.07) is 3.79. The Kier molecular flexibility index (Phi) is 5.40. The molecule has 0 saturated carbocycles. The van der Waals surface area contributed by atoms with Crippen LogP contribution in [0.4, 0.5) is 24.7 Å². The Hall–Kier alpha value is -2.68. The lowest BCUT2D eigenvalue weighted by molar-refractivity contribution is -0.138. The molecule has 1 N–H and O–H groups in total. The van der Waals surface area contributed by atoms with Crippen molar-refractivity contribution in [3.63, 3.8) is 0 Å². The molecular weight excluding hydrogens is 413 g/mol. The van der Waals surface area contributed by atoms with Crippen LogP contribution in [-0.2, 0) is 6.18 Å². The van der Waals surface area contributed by atoms with E-state index in [0.717, 1.165) is 49.1 Å². The van der Waals surface area contributed by atoms with E-state index in [0.29, 0.717) is 15.8 Å². The molecule has 158 valence electrons. The summed E-state index contributed by atoms with van der Waals surface area (Å²) in [4.78, 5) is 25.6. The Morgan fingerprint density at radius 3 is 2.57 bits per heavy atom. The SMILES string of the molecule is Cc1sc2ncnc(N3CCCCC3)c2c1C(=O)Nc1cccc(C(F)(F)F)c1C. The van der Waals surface area contributed by atoms with Gasteiger partial charge in [-0.15, -0.1) is 11.3 Å². The molecule has 1 amide bonds. The number of alkyl halides is 3. The molecule has 0 aliphatic carbocycles. The number of fused-ring (bicyclic) bond motifs is 1. The molecule has 9 heteroatoms. The highest BCUT2D eigenvalue weighted by Gasteiger charge is 2.33. The van der Waals surface area contributed by atoms with Crippen molar-refractivity contribution >= 4 is 39.0 Å². The molecule has 1 saturated heterocycles. The Morgan fingerprint density at radius 1 is 1.13 bits per heavy atom. The lowest BCUT2D eigenvalue weighted by Crippen LogP contribution is -2.30. The molecule has 2 aromatic heterocycles. The standard InChI is InChI=1S/C21H21F3N4OS/c1-12-14(21(22,23)24)7-6-8-15(12)27-19(29)16-13(2)30-20-17(16)18(25-11-26-20)28-9-4-3-5-10-28/h6-8,11H,3-5,9-10H2,1-2H3,(H,27,29). The van der Waals surface area contributed by atoms with Gasteiger partial charge >= 0.3 is 6.18 Å². The fourth-order valence-corrected chi connectivity index (χ4v) is 4.89. The lowest BCUT2D eigenvalue weighted by Gasteiger charge is -2.28. The molecule has 0 atom stereocenters. The van der Waals surface area contributed by atoms with Crippen LogP contribution in [0.3, 0.4) is 0 Å². The zero-order chi connectivity index (χ0) is 21.5. The van der Waals surface area contributed by atoms with Gasteiger partial charge in [-0.05, 0) is 50.8 Å². The van der Waals surface area contributed by atoms with E-state index in [4.69, 9.17) is 0 Å². The summed E-state index contributed by atoms with van der Waals surface area (Å²) in [5.41, 5.74) is -0.203. The molecule has 4 rings (SSSR count). The second-order valence-electron chi connectivity index (χ2n) is 7.39. The van der Waals surface area contributed by atoms with Crippen LogP contribution in [0.5, 0.6) is 0 Å². The minimum absolute atomic E-state index is 0.0111. The fraction of sp³-hybridized carbons (Fsp3) is 0.381. The quantitative estimate of drug-likeness (QED) is 0.586. The maximum absolute atomic E-state index is 13.2. The Labute approximate surface area is 175 Å². The summed E-state index contributed by atoms with van der Waals surface area (Å²) >= 11 is 1.39. The van der Waals surface area contributed by atoms with E-state index in [2.05, 4.69) is 20.2 Å². The van der Waals surface area contributed by atoms with Gasteiger partial charge in [-0.25, -0.2) is 9.97 Å². The van der Waals surface area contributed by atoms with E-state index in [1.54, 1.807) is 0 Å². The van der Waals surface area contributed by atoms with Crippen molar-refractivity contribution < 1.29 is 18.0 Å². The number of thiophene rings is 1. The van der Waals surface area contributed by atoms with Crippen LogP contribution in [0, 0.1) is 13.8 Å². The summed E-state index contributed by atoms with van der Waals surface area (Å²) in [7, 11) is 0. The first-order valence-electron chi connectivity index (χ1n) is 9.74. The van der Waals surface area contributed by atoms with Gasteiger partial charge in [0.1, 0.15) is 17.0 Å². The zero-order valence-corrected chi connectivity index (χ0v) is 17.5. The van der Waals surface area contributed by atoms with Crippen molar-refractivity contribution in [2.75, 3.05) is 23.3 Å². The van der Waals surface area contributed by atoms with Crippen LogP contribution in [0.25, 0.3) is 10.2 Å². The number of amides is 1. The summed E-state index contributed by atoms with van der Waals surface area (Å²) < 4.78 is 39.7. The highest BCUT2D eigenvalue weighted by Crippen LogP contribution is 2.38. The number of anilines is 2. The van der Waals surface area contributed by atoms with Gasteiger partial charge in [0.2, 0.25) is 0 Å². The van der Waals surface area contributed by atoms with Crippen molar-refractivity contribution in [3.8, 4) is 0 Å². The summed E-state index contributed by atoms with van der Waals surface area (Å²) in [5.74, 6) is 0.268. The maximum atomic E-state index is 13.2. The van der Waals surface area contributed by atoms with Gasteiger partial charge in [0.15, 0.2) is 0 Å². The number of aromatic nitrogens is 2. The molecular formula is C21H21F3N4OS. The van der Waals surface area contributed by atoms with Gasteiger partial charge in [0.05, 0.1) is 16.5 Å². The molecule has 5 nitrogen and oxygen atoms in total. The molecule has 0 unspecified atom stereocenters. The Morgan fingerprint density at radius 2 is 1.87 bits per heavy atom. The van der Waals surface area contributed by atoms with Crippen molar-refractivity contribution in [3.05, 3.63) is 46.1 Å². The minimum atomic E-state index is -4.48. The molecule has 3 heterocycles. The van der Waals surface area contributed by atoms with Gasteiger partial charge in [0.25, 0.3) is 5.91 Å². The maximum Gasteiger partial charge on any atom is 0.416 e. The predicted molar refractivity (Wildman–Crippen MR) is 112 cm³/mol. The van der Waals surface area contributed by atoms with Crippen molar-refractivity contribution in [2.45, 2.75) is 39.3 Å². The number of halogens is 3. The summed E-state index contributed by atoms with van der Waals surface area (Å²) in [6.07, 6.45) is 0.292. The number of nitrogens with zero attached hydrogens (tertiary/aromatic N) is 3. The number of carbonyl (C=O) groups excluding carboxylic acids is 1. The van der Waals surface area contributed by atoms with Gasteiger partial charge < -0.3 is 10.2 Å². The number of rotatable bonds is 3. The zero-order valence-electron chi connectivity index (χ0n) is 16.6. The first-order chi connectivity index (χ1) is 14.3. The monoisotopic (exact) mass is 434 g/mol. The number of nitrogens with one attached hydrogen (secondary N) is 1. The Balaban J connectivity index is 1.75. The molecule has 1 aliphatic heterocycles. The number of benzene rings is 1. The van der Waals surface area contributed by atoms with E-state index in [-0.39, 0.29) is 11.3 Å². The second kappa shape index (κ2) is 7.86. The first-order valence-corrected chi connectivity index (χ1v) is 10.6. The number of aryl methyl sites for hydroxylation is 1. The average molecular weight is 434 g/mol. The van der Waals surface area contributed by atoms with E-state index >= 15 is 0 Å². The van der Waals surface area contributed by atoms with E-state index in [1.165, 1.54) is 36.7 Å². The predicted octanol–water partition coefficient (Wildman–Crippen LogP) is 5.57. The molecule has 1 fully saturated rings. The minimum Gasteiger partial charge on any atom is -0.356 e. The first kappa shape index (κ1) is 20.6. The number of carbonyl (C=O) groups is 1. The highest BCUT2D eigenvalue weighted by molar-refractivity contribution is 7.19. The third-order valence-corrected chi connectivity index (χ3v) is 6.43. The van der Waals surface area contributed by atoms with Crippen LogP contribution in [0.2, 0.25) is 0 Å². The van der Waals surface area contributed by atoms with Crippen molar-refractivity contribution in [1.29, 1.82) is 0 Å². The molecule has 0 spiro atoms. The second-order valence-corrected chi connectivity index (χ2v) is 8.59. The molecule has 30 heavy (non-hydrogen) atoms. The largest absolute Gasteiger partial charge is 0.416 e. The van der Waals surface area contributed by atoms with Crippen LogP contribution in [0.15, 0.2) is 24.5 Å². The average Bonchev–Trinajstić information content (AvgIpc) is 3.05. The van der Waals surface area contributed by atoms with Gasteiger partial charge in [-0.1, -0.05) is 6.07 Å². The molecule has 1 aromatic carbocycles. The van der Waals surface area contributed by atoms with Crippen LogP contribution >= 0.6 is 11.3 Å². The summed E-state index contributed by atoms with van der Waals surface area (Å²) in [6.45, 7) is 4.89. The van der Waals surface area contributed by atoms with Crippen LogP contribution < -0.4 is 10.2 Å². The van der Waals surface area contributed by atoms with Gasteiger partial charge in [0, 0.05) is 23.7 Å². The molecule has 0 radical (unpaired) electrons. The number of hydrogen-bond acceptors (Lipinski definition) is 5. The third-order valence-electron chi connectivity index (χ3n) is 5.41. The van der Waals surface area contributed by atoms with E-state index in [1.807, 2.05) is 6.92 Å². The number of piperidine rings is 1. The normalized spacial score (nSPS) is 14.9. The van der Waals surface area contributed by atoms with Crippen molar-refractivity contribution in [2.24, 2.45) is 0 Å². The Bertz CT molecular complexity index is 1100.